The van der Waals surface area contributed by atoms with Crippen LogP contribution in [0.3, 0.4) is 0 Å². The lowest BCUT2D eigenvalue weighted by molar-refractivity contribution is 0.0144. The monoisotopic (exact) mass is 340 g/mol. The van der Waals surface area contributed by atoms with E-state index in [0.717, 1.165) is 47.3 Å². The van der Waals surface area contributed by atoms with Gasteiger partial charge in [-0.2, -0.15) is 0 Å². The van der Waals surface area contributed by atoms with Crippen molar-refractivity contribution in [3.05, 3.63) is 58.1 Å². The minimum absolute atomic E-state index is 0.218. The second-order valence-corrected chi connectivity index (χ2v) is 7.37. The van der Waals surface area contributed by atoms with Gasteiger partial charge >= 0.3 is 0 Å². The van der Waals surface area contributed by atoms with Gasteiger partial charge in [-0.1, -0.05) is 30.3 Å². The predicted octanol–water partition coefficient (Wildman–Crippen LogP) is 5.01. The molecule has 1 aliphatic heterocycles. The molecule has 0 bridgehead atoms. The van der Waals surface area contributed by atoms with Crippen LogP contribution >= 0.6 is 0 Å². The summed E-state index contributed by atoms with van der Waals surface area (Å²) in [7, 11) is 0. The highest BCUT2D eigenvalue weighted by atomic mass is 16.5. The van der Waals surface area contributed by atoms with Gasteiger partial charge in [0.1, 0.15) is 17.1 Å². The lowest BCUT2D eigenvalue weighted by Crippen LogP contribution is -2.38. The summed E-state index contributed by atoms with van der Waals surface area (Å²) in [6.45, 7) is 9.45. The van der Waals surface area contributed by atoms with Crippen LogP contribution in [0.4, 0.5) is 0 Å². The normalized spacial score (nSPS) is 19.4. The van der Waals surface area contributed by atoms with Crippen LogP contribution in [-0.4, -0.2) is 17.3 Å². The number of fused-ring (bicyclic) bond motifs is 1. The minimum Gasteiger partial charge on any atom is -0.507 e. The summed E-state index contributed by atoms with van der Waals surface area (Å²) >= 11 is 0. The number of hydrogen-bond acceptors (Lipinski definition) is 3. The maximum absolute atomic E-state index is 10.3. The van der Waals surface area contributed by atoms with Crippen LogP contribution in [0.2, 0.25) is 0 Å². The third-order valence-corrected chi connectivity index (χ3v) is 5.48. The van der Waals surface area contributed by atoms with Crippen molar-refractivity contribution in [3.63, 3.8) is 0 Å². The summed E-state index contributed by atoms with van der Waals surface area (Å²) in [4.78, 5) is 0. The molecule has 0 fully saturated rings. The van der Waals surface area contributed by atoms with Crippen LogP contribution in [0.15, 0.2) is 30.3 Å². The third-order valence-electron chi connectivity index (χ3n) is 5.48. The second-order valence-electron chi connectivity index (χ2n) is 7.37. The quantitative estimate of drug-likeness (QED) is 0.778. The fourth-order valence-corrected chi connectivity index (χ4v) is 3.52. The zero-order valence-electron chi connectivity index (χ0n) is 15.7. The van der Waals surface area contributed by atoms with Crippen LogP contribution in [0, 0.1) is 20.8 Å². The van der Waals surface area contributed by atoms with E-state index in [1.54, 1.807) is 0 Å². The number of phenols is 1. The van der Waals surface area contributed by atoms with E-state index in [4.69, 9.17) is 9.47 Å². The topological polar surface area (TPSA) is 38.7 Å². The van der Waals surface area contributed by atoms with Crippen LogP contribution in [0.25, 0.3) is 0 Å². The molecule has 3 nitrogen and oxygen atoms in total. The molecular weight excluding hydrogens is 312 g/mol. The molecule has 0 radical (unpaired) electrons. The molecule has 0 spiro atoms. The highest BCUT2D eigenvalue weighted by Crippen LogP contribution is 2.43. The Bertz CT molecular complexity index is 752. The van der Waals surface area contributed by atoms with Gasteiger partial charge in [0, 0.05) is 12.0 Å². The van der Waals surface area contributed by atoms with Gasteiger partial charge in [0.25, 0.3) is 0 Å². The van der Waals surface area contributed by atoms with Crippen LogP contribution in [0.1, 0.15) is 47.6 Å². The van der Waals surface area contributed by atoms with Crippen LogP contribution < -0.4 is 4.74 Å². The number of rotatable bonds is 5. The molecule has 1 N–H and O–H groups in total. The lowest BCUT2D eigenvalue weighted by atomic mass is 9.86. The first kappa shape index (κ1) is 17.8. The molecule has 0 aliphatic carbocycles. The molecule has 2 aromatic rings. The van der Waals surface area contributed by atoms with Gasteiger partial charge in [0.15, 0.2) is 0 Å². The van der Waals surface area contributed by atoms with E-state index in [-0.39, 0.29) is 5.60 Å². The molecule has 2 aromatic carbocycles. The van der Waals surface area contributed by atoms with Gasteiger partial charge in [0.05, 0.1) is 13.2 Å². The average Bonchev–Trinajstić information content (AvgIpc) is 2.63. The number of hydrogen-bond donors (Lipinski definition) is 1. The molecule has 3 heteroatoms. The molecule has 1 heterocycles. The van der Waals surface area contributed by atoms with Crippen molar-refractivity contribution in [3.8, 4) is 11.5 Å². The Hall–Kier alpha value is -2.00. The zero-order valence-corrected chi connectivity index (χ0v) is 15.7. The molecule has 3 rings (SSSR count). The fourth-order valence-electron chi connectivity index (χ4n) is 3.52. The van der Waals surface area contributed by atoms with E-state index < -0.39 is 0 Å². The maximum Gasteiger partial charge on any atom is 0.127 e. The number of aromatic hydroxyl groups is 1. The number of ether oxygens (including phenoxy) is 2. The Morgan fingerprint density at radius 2 is 1.80 bits per heavy atom. The minimum atomic E-state index is -0.218. The average molecular weight is 340 g/mol. The van der Waals surface area contributed by atoms with Gasteiger partial charge in [-0.3, -0.25) is 0 Å². The molecular formula is C22H28O3. The van der Waals surface area contributed by atoms with Crippen molar-refractivity contribution in [1.29, 1.82) is 0 Å². The number of phenolic OH excluding ortho intramolecular Hbond substituents is 1. The van der Waals surface area contributed by atoms with Crippen molar-refractivity contribution < 1.29 is 14.6 Å². The third kappa shape index (κ3) is 3.67. The van der Waals surface area contributed by atoms with Crippen molar-refractivity contribution in [2.24, 2.45) is 0 Å². The Labute approximate surface area is 150 Å². The molecule has 1 unspecified atom stereocenters. The summed E-state index contributed by atoms with van der Waals surface area (Å²) in [6.07, 6.45) is 2.74. The highest BCUT2D eigenvalue weighted by Gasteiger charge is 2.34. The first-order valence-electron chi connectivity index (χ1n) is 9.03. The van der Waals surface area contributed by atoms with E-state index >= 15 is 0 Å². The van der Waals surface area contributed by atoms with Crippen molar-refractivity contribution in [1.82, 2.24) is 0 Å². The van der Waals surface area contributed by atoms with Gasteiger partial charge in [-0.25, -0.2) is 0 Å². The van der Waals surface area contributed by atoms with E-state index in [2.05, 4.69) is 19.1 Å². The molecule has 0 amide bonds. The lowest BCUT2D eigenvalue weighted by Gasteiger charge is -2.38. The summed E-state index contributed by atoms with van der Waals surface area (Å²) in [6, 6.07) is 10.2. The first-order chi connectivity index (χ1) is 11.9. The molecule has 1 aliphatic rings. The summed E-state index contributed by atoms with van der Waals surface area (Å²) < 4.78 is 12.3. The molecule has 25 heavy (non-hydrogen) atoms. The molecule has 0 saturated heterocycles. The predicted molar refractivity (Wildman–Crippen MR) is 100 cm³/mol. The van der Waals surface area contributed by atoms with E-state index in [1.165, 1.54) is 5.56 Å². The SMILES string of the molecule is Cc1c(C)c2c(c(C)c1O)CCC(C)(CCOCc1ccccc1)O2. The van der Waals surface area contributed by atoms with Gasteiger partial charge in [0.2, 0.25) is 0 Å². The van der Waals surface area contributed by atoms with Crippen LogP contribution in [0.5, 0.6) is 11.5 Å². The molecule has 0 saturated carbocycles. The van der Waals surface area contributed by atoms with Gasteiger partial charge < -0.3 is 14.6 Å². The maximum atomic E-state index is 10.3. The summed E-state index contributed by atoms with van der Waals surface area (Å²) in [5, 5.41) is 10.3. The van der Waals surface area contributed by atoms with Gasteiger partial charge in [-0.15, -0.1) is 0 Å². The summed E-state index contributed by atoms with van der Waals surface area (Å²) in [5.41, 5.74) is 5.06. The molecule has 0 aromatic heterocycles. The van der Waals surface area contributed by atoms with Gasteiger partial charge in [-0.05, 0) is 62.8 Å². The Morgan fingerprint density at radius 1 is 1.08 bits per heavy atom. The van der Waals surface area contributed by atoms with E-state index in [0.29, 0.717) is 19.0 Å². The molecule has 134 valence electrons. The highest BCUT2D eigenvalue weighted by molar-refractivity contribution is 5.58. The molecule has 1 atom stereocenters. The van der Waals surface area contributed by atoms with E-state index in [9.17, 15) is 5.11 Å². The smallest absolute Gasteiger partial charge is 0.127 e. The van der Waals surface area contributed by atoms with Crippen LogP contribution in [-0.2, 0) is 17.8 Å². The second kappa shape index (κ2) is 7.09. The Balaban J connectivity index is 1.65. The standard InChI is InChI=1S/C22H28O3/c1-15-16(2)21-19(17(3)20(15)23)10-11-22(4,25-21)12-13-24-14-18-8-6-5-7-9-18/h5-9,23H,10-14H2,1-4H3. The van der Waals surface area contributed by atoms with E-state index in [1.807, 2.05) is 39.0 Å². The first-order valence-corrected chi connectivity index (χ1v) is 9.03. The number of benzene rings is 2. The zero-order chi connectivity index (χ0) is 18.0. The Morgan fingerprint density at radius 3 is 2.52 bits per heavy atom. The largest absolute Gasteiger partial charge is 0.507 e. The van der Waals surface area contributed by atoms with Crippen molar-refractivity contribution in [2.75, 3.05) is 6.61 Å². The fraction of sp³-hybridized carbons (Fsp3) is 0.455. The summed E-state index contributed by atoms with van der Waals surface area (Å²) in [5.74, 6) is 1.37. The Kier molecular flexibility index (Phi) is 5.05. The van der Waals surface area contributed by atoms with Crippen molar-refractivity contribution in [2.45, 2.75) is 59.2 Å². The van der Waals surface area contributed by atoms with Crippen molar-refractivity contribution >= 4 is 0 Å².